The van der Waals surface area contributed by atoms with Crippen LogP contribution in [0.1, 0.15) is 10.4 Å². The number of para-hydroxylation sites is 1. The Bertz CT molecular complexity index is 1370. The van der Waals surface area contributed by atoms with Crippen LogP contribution in [0.3, 0.4) is 0 Å². The molecule has 0 atom stereocenters. The van der Waals surface area contributed by atoms with Crippen molar-refractivity contribution in [3.8, 4) is 12.3 Å². The highest BCUT2D eigenvalue weighted by Gasteiger charge is 2.14. The Labute approximate surface area is 162 Å². The van der Waals surface area contributed by atoms with Crippen LogP contribution in [0.4, 0.5) is 0 Å². The molecular formula is C20H11ClN2O3S. The summed E-state index contributed by atoms with van der Waals surface area (Å²) < 4.78 is 7.79. The molecule has 2 aromatic heterocycles. The van der Waals surface area contributed by atoms with Gasteiger partial charge in [-0.2, -0.15) is 4.99 Å². The Morgan fingerprint density at radius 2 is 2.07 bits per heavy atom. The average Bonchev–Trinajstić information content (AvgIpc) is 2.97. The van der Waals surface area contributed by atoms with Crippen LogP contribution >= 0.6 is 22.9 Å². The van der Waals surface area contributed by atoms with Gasteiger partial charge in [-0.15, -0.1) is 6.42 Å². The molecule has 5 nitrogen and oxygen atoms in total. The second kappa shape index (κ2) is 6.88. The van der Waals surface area contributed by atoms with Crippen molar-refractivity contribution in [2.75, 3.05) is 0 Å². The first-order valence-corrected chi connectivity index (χ1v) is 9.10. The Hall–Kier alpha value is -3.14. The summed E-state index contributed by atoms with van der Waals surface area (Å²) in [6, 6.07) is 13.8. The van der Waals surface area contributed by atoms with E-state index in [2.05, 4.69) is 10.9 Å². The first kappa shape index (κ1) is 17.3. The molecule has 0 bridgehead atoms. The highest BCUT2D eigenvalue weighted by Crippen LogP contribution is 2.22. The monoisotopic (exact) mass is 394 g/mol. The van der Waals surface area contributed by atoms with E-state index < -0.39 is 11.5 Å². The predicted molar refractivity (Wildman–Crippen MR) is 106 cm³/mol. The molecule has 4 rings (SSSR count). The molecule has 0 saturated carbocycles. The number of benzene rings is 2. The van der Waals surface area contributed by atoms with Gasteiger partial charge in [0.2, 0.25) is 0 Å². The number of carbonyl (C=O) groups excluding carboxylic acids is 1. The van der Waals surface area contributed by atoms with Gasteiger partial charge in [-0.3, -0.25) is 4.79 Å². The fourth-order valence-corrected chi connectivity index (χ4v) is 4.04. The van der Waals surface area contributed by atoms with E-state index in [1.807, 2.05) is 6.07 Å². The molecule has 4 aromatic rings. The predicted octanol–water partition coefficient (Wildman–Crippen LogP) is 3.84. The van der Waals surface area contributed by atoms with Gasteiger partial charge in [0, 0.05) is 10.4 Å². The van der Waals surface area contributed by atoms with E-state index >= 15 is 0 Å². The fraction of sp³-hybridized carbons (Fsp3) is 0.0500. The number of aromatic nitrogens is 1. The summed E-state index contributed by atoms with van der Waals surface area (Å²) >= 11 is 7.31. The minimum Gasteiger partial charge on any atom is -0.422 e. The maximum atomic E-state index is 12.7. The molecule has 0 aliphatic heterocycles. The molecule has 0 fully saturated rings. The number of hydrogen-bond acceptors (Lipinski definition) is 4. The third-order valence-electron chi connectivity index (χ3n) is 3.96. The second-order valence-electron chi connectivity index (χ2n) is 5.69. The van der Waals surface area contributed by atoms with E-state index in [1.54, 1.807) is 41.0 Å². The van der Waals surface area contributed by atoms with Crippen molar-refractivity contribution in [2.45, 2.75) is 6.54 Å². The summed E-state index contributed by atoms with van der Waals surface area (Å²) in [5.74, 6) is 1.87. The summed E-state index contributed by atoms with van der Waals surface area (Å²) in [4.78, 5) is 29.4. The Balaban J connectivity index is 1.90. The molecule has 2 heterocycles. The van der Waals surface area contributed by atoms with E-state index in [4.69, 9.17) is 22.4 Å². The molecule has 2 aromatic carbocycles. The number of amides is 1. The van der Waals surface area contributed by atoms with E-state index in [-0.39, 0.29) is 12.1 Å². The summed E-state index contributed by atoms with van der Waals surface area (Å²) in [6.07, 6.45) is 5.45. The van der Waals surface area contributed by atoms with Gasteiger partial charge in [-0.1, -0.05) is 47.1 Å². The van der Waals surface area contributed by atoms with Crippen LogP contribution in [0.5, 0.6) is 0 Å². The third-order valence-corrected chi connectivity index (χ3v) is 5.24. The first-order valence-electron chi connectivity index (χ1n) is 7.91. The SMILES string of the molecule is C#CCn1c(=NC(=O)c2cc3ccccc3oc2=O)sc2cc(Cl)ccc21. The Morgan fingerprint density at radius 1 is 1.26 bits per heavy atom. The van der Waals surface area contributed by atoms with Gasteiger partial charge in [0.15, 0.2) is 4.80 Å². The van der Waals surface area contributed by atoms with Crippen LogP contribution in [0.25, 0.3) is 21.2 Å². The van der Waals surface area contributed by atoms with Gasteiger partial charge in [-0.25, -0.2) is 4.79 Å². The molecule has 0 spiro atoms. The molecule has 7 heteroatoms. The lowest BCUT2D eigenvalue weighted by Crippen LogP contribution is -2.19. The van der Waals surface area contributed by atoms with E-state index in [0.29, 0.717) is 20.8 Å². The van der Waals surface area contributed by atoms with Crippen molar-refractivity contribution in [1.82, 2.24) is 4.57 Å². The molecule has 1 amide bonds. The van der Waals surface area contributed by atoms with Gasteiger partial charge in [0.25, 0.3) is 5.91 Å². The zero-order valence-corrected chi connectivity index (χ0v) is 15.4. The molecule has 0 aliphatic carbocycles. The molecule has 0 N–H and O–H groups in total. The van der Waals surface area contributed by atoms with Crippen LogP contribution < -0.4 is 10.4 Å². The van der Waals surface area contributed by atoms with Crippen LogP contribution in [-0.4, -0.2) is 10.5 Å². The maximum Gasteiger partial charge on any atom is 0.349 e. The van der Waals surface area contributed by atoms with E-state index in [1.165, 1.54) is 17.4 Å². The zero-order chi connectivity index (χ0) is 19.0. The quantitative estimate of drug-likeness (QED) is 0.383. The lowest BCUT2D eigenvalue weighted by molar-refractivity contribution is 0.0994. The number of carbonyl (C=O) groups is 1. The molecule has 0 radical (unpaired) electrons. The largest absolute Gasteiger partial charge is 0.422 e. The van der Waals surface area contributed by atoms with Crippen LogP contribution in [0.2, 0.25) is 5.02 Å². The molecule has 0 unspecified atom stereocenters. The number of nitrogens with zero attached hydrogens (tertiary/aromatic N) is 2. The topological polar surface area (TPSA) is 64.6 Å². The highest BCUT2D eigenvalue weighted by atomic mass is 35.5. The third kappa shape index (κ3) is 3.19. The van der Waals surface area contributed by atoms with Crippen molar-refractivity contribution in [3.05, 3.63) is 74.3 Å². The van der Waals surface area contributed by atoms with Gasteiger partial charge in [0.05, 0.1) is 16.8 Å². The van der Waals surface area contributed by atoms with E-state index in [0.717, 1.165) is 10.2 Å². The minimum atomic E-state index is -0.727. The number of halogens is 1. The van der Waals surface area contributed by atoms with E-state index in [9.17, 15) is 9.59 Å². The molecule has 27 heavy (non-hydrogen) atoms. The van der Waals surface area contributed by atoms with Crippen molar-refractivity contribution in [1.29, 1.82) is 0 Å². The first-order chi connectivity index (χ1) is 13.1. The number of hydrogen-bond donors (Lipinski definition) is 0. The van der Waals surface area contributed by atoms with Gasteiger partial charge >= 0.3 is 5.63 Å². The maximum absolute atomic E-state index is 12.7. The molecular weight excluding hydrogens is 384 g/mol. The molecule has 0 saturated heterocycles. The smallest absolute Gasteiger partial charge is 0.349 e. The van der Waals surface area contributed by atoms with Crippen molar-refractivity contribution in [3.63, 3.8) is 0 Å². The van der Waals surface area contributed by atoms with Crippen LogP contribution in [-0.2, 0) is 6.54 Å². The molecule has 132 valence electrons. The summed E-state index contributed by atoms with van der Waals surface area (Å²) in [7, 11) is 0. The summed E-state index contributed by atoms with van der Waals surface area (Å²) in [5, 5.41) is 1.22. The van der Waals surface area contributed by atoms with Gasteiger partial charge in [-0.05, 0) is 30.3 Å². The molecule has 0 aliphatic rings. The summed E-state index contributed by atoms with van der Waals surface area (Å²) in [6.45, 7) is 0.236. The van der Waals surface area contributed by atoms with Crippen molar-refractivity contribution >= 4 is 50.0 Å². The normalized spacial score (nSPS) is 11.8. The number of terminal acetylenes is 1. The number of rotatable bonds is 2. The number of thiazole rings is 1. The van der Waals surface area contributed by atoms with Crippen LogP contribution in [0.15, 0.2) is 62.7 Å². The lowest BCUT2D eigenvalue weighted by Gasteiger charge is -2.00. The summed E-state index contributed by atoms with van der Waals surface area (Å²) in [5.41, 5.74) is 0.379. The fourth-order valence-electron chi connectivity index (χ4n) is 2.73. The second-order valence-corrected chi connectivity index (χ2v) is 7.13. The standard InChI is InChI=1S/C20H11ClN2O3S/c1-2-9-23-15-8-7-13(21)11-17(15)27-20(23)22-18(24)14-10-12-5-3-4-6-16(12)26-19(14)25/h1,3-8,10-11H,9H2. The van der Waals surface area contributed by atoms with Crippen molar-refractivity contribution in [2.24, 2.45) is 4.99 Å². The van der Waals surface area contributed by atoms with Crippen molar-refractivity contribution < 1.29 is 9.21 Å². The zero-order valence-electron chi connectivity index (χ0n) is 13.8. The highest BCUT2D eigenvalue weighted by molar-refractivity contribution is 7.16. The average molecular weight is 395 g/mol. The Kier molecular flexibility index (Phi) is 4.40. The Morgan fingerprint density at radius 3 is 2.89 bits per heavy atom. The lowest BCUT2D eigenvalue weighted by atomic mass is 10.2. The minimum absolute atomic E-state index is 0.128. The number of fused-ring (bicyclic) bond motifs is 2. The van der Waals surface area contributed by atoms with Gasteiger partial charge in [0.1, 0.15) is 11.1 Å². The van der Waals surface area contributed by atoms with Crippen LogP contribution in [0, 0.1) is 12.3 Å². The van der Waals surface area contributed by atoms with Gasteiger partial charge < -0.3 is 8.98 Å².